The van der Waals surface area contributed by atoms with Gasteiger partial charge >= 0.3 is 0 Å². The average molecular weight is 140 g/mol. The molecule has 0 atom stereocenters. The van der Waals surface area contributed by atoms with Gasteiger partial charge in [-0.15, -0.1) is 6.58 Å². The van der Waals surface area contributed by atoms with Gasteiger partial charge in [0.05, 0.1) is 0 Å². The third kappa shape index (κ3) is 4.30. The van der Waals surface area contributed by atoms with Crippen LogP contribution < -0.4 is 0 Å². The molecule has 58 valence electrons. The third-order valence-electron chi connectivity index (χ3n) is 1.52. The summed E-state index contributed by atoms with van der Waals surface area (Å²) in [5, 5.41) is 0. The molecule has 0 bridgehead atoms. The van der Waals surface area contributed by atoms with Gasteiger partial charge in [0.15, 0.2) is 0 Å². The molecule has 1 nitrogen and oxygen atoms in total. The molecule has 0 saturated carbocycles. The predicted octanol–water partition coefficient (Wildman–Crippen LogP) is 2.57. The van der Waals surface area contributed by atoms with E-state index in [1.165, 1.54) is 0 Å². The van der Waals surface area contributed by atoms with Crippen LogP contribution in [0.1, 0.15) is 33.6 Å². The number of hydrogen-bond donors (Lipinski definition) is 0. The van der Waals surface area contributed by atoms with Gasteiger partial charge in [-0.1, -0.05) is 19.4 Å². The van der Waals surface area contributed by atoms with Crippen LogP contribution in [0.15, 0.2) is 12.2 Å². The number of allylic oxidation sites excluding steroid dienone is 1. The summed E-state index contributed by atoms with van der Waals surface area (Å²) >= 11 is 0. The lowest BCUT2D eigenvalue weighted by Crippen LogP contribution is -2.12. The smallest absolute Gasteiger partial charge is 0.125 e. The van der Waals surface area contributed by atoms with Crippen LogP contribution in [0.4, 0.5) is 0 Å². The Morgan fingerprint density at radius 3 is 2.40 bits per heavy atom. The molecule has 0 fully saturated rings. The van der Waals surface area contributed by atoms with Crippen molar-refractivity contribution < 1.29 is 4.79 Å². The highest BCUT2D eigenvalue weighted by Crippen LogP contribution is 2.20. The van der Waals surface area contributed by atoms with E-state index in [0.29, 0.717) is 0 Å². The van der Waals surface area contributed by atoms with E-state index in [1.807, 2.05) is 20.8 Å². The minimum absolute atomic E-state index is 0.168. The van der Waals surface area contributed by atoms with Gasteiger partial charge in [0, 0.05) is 5.41 Å². The fourth-order valence-corrected chi connectivity index (χ4v) is 0.594. The SMILES string of the molecule is C=C(C)CCC(C)(C)C=O. The molecule has 0 aromatic heterocycles. The molecule has 1 heteroatoms. The molecule has 0 spiro atoms. The van der Waals surface area contributed by atoms with Gasteiger partial charge < -0.3 is 4.79 Å². The van der Waals surface area contributed by atoms with Gasteiger partial charge in [-0.05, 0) is 19.8 Å². The highest BCUT2D eigenvalue weighted by molar-refractivity contribution is 5.57. The quantitative estimate of drug-likeness (QED) is 0.433. The summed E-state index contributed by atoms with van der Waals surface area (Å²) in [6, 6.07) is 0. The van der Waals surface area contributed by atoms with E-state index in [1.54, 1.807) is 0 Å². The first kappa shape index (κ1) is 9.41. The summed E-state index contributed by atoms with van der Waals surface area (Å²) in [5.74, 6) is 0. The second kappa shape index (κ2) is 3.55. The number of aldehydes is 1. The summed E-state index contributed by atoms with van der Waals surface area (Å²) in [5.41, 5.74) is 0.980. The van der Waals surface area contributed by atoms with Crippen LogP contribution in [-0.4, -0.2) is 6.29 Å². The van der Waals surface area contributed by atoms with Crippen molar-refractivity contribution in [2.75, 3.05) is 0 Å². The van der Waals surface area contributed by atoms with E-state index < -0.39 is 0 Å². The Labute approximate surface area is 63.1 Å². The Bertz CT molecular complexity index is 134. The van der Waals surface area contributed by atoms with Crippen LogP contribution in [0, 0.1) is 5.41 Å². The van der Waals surface area contributed by atoms with Gasteiger partial charge in [0.2, 0.25) is 0 Å². The van der Waals surface area contributed by atoms with Crippen molar-refractivity contribution >= 4 is 6.29 Å². The Morgan fingerprint density at radius 1 is 1.60 bits per heavy atom. The maximum absolute atomic E-state index is 10.4. The predicted molar refractivity (Wildman–Crippen MR) is 43.9 cm³/mol. The summed E-state index contributed by atoms with van der Waals surface area (Å²) < 4.78 is 0. The van der Waals surface area contributed by atoms with Crippen LogP contribution in [0.5, 0.6) is 0 Å². The number of carbonyl (C=O) groups excluding carboxylic acids is 1. The highest BCUT2D eigenvalue weighted by atomic mass is 16.1. The van der Waals surface area contributed by atoms with Gasteiger partial charge in [-0.2, -0.15) is 0 Å². The summed E-state index contributed by atoms with van der Waals surface area (Å²) in [6.45, 7) is 9.66. The normalized spacial score (nSPS) is 11.1. The maximum atomic E-state index is 10.4. The van der Waals surface area contributed by atoms with Crippen molar-refractivity contribution in [3.63, 3.8) is 0 Å². The molecule has 0 heterocycles. The summed E-state index contributed by atoms with van der Waals surface area (Å²) in [4.78, 5) is 10.4. The number of hydrogen-bond acceptors (Lipinski definition) is 1. The first-order chi connectivity index (χ1) is 4.48. The standard InChI is InChI=1S/C9H16O/c1-8(2)5-6-9(3,4)7-10/h7H,1,5-6H2,2-4H3. The first-order valence-electron chi connectivity index (χ1n) is 3.59. The van der Waals surface area contributed by atoms with Crippen molar-refractivity contribution in [1.29, 1.82) is 0 Å². The van der Waals surface area contributed by atoms with Crippen LogP contribution in [-0.2, 0) is 4.79 Å². The molecule has 0 aliphatic carbocycles. The third-order valence-corrected chi connectivity index (χ3v) is 1.52. The molecule has 10 heavy (non-hydrogen) atoms. The molecule has 0 aliphatic rings. The number of rotatable bonds is 4. The molecule has 0 saturated heterocycles. The second-order valence-electron chi connectivity index (χ2n) is 3.56. The van der Waals surface area contributed by atoms with Crippen LogP contribution in [0.25, 0.3) is 0 Å². The van der Waals surface area contributed by atoms with E-state index in [9.17, 15) is 4.79 Å². The minimum Gasteiger partial charge on any atom is -0.303 e. The Balaban J connectivity index is 3.67. The van der Waals surface area contributed by atoms with Gasteiger partial charge in [0.1, 0.15) is 6.29 Å². The molecule has 0 N–H and O–H groups in total. The van der Waals surface area contributed by atoms with Crippen LogP contribution in [0.2, 0.25) is 0 Å². The fraction of sp³-hybridized carbons (Fsp3) is 0.667. The Kier molecular flexibility index (Phi) is 3.34. The van der Waals surface area contributed by atoms with Crippen molar-refractivity contribution in [1.82, 2.24) is 0 Å². The zero-order valence-corrected chi connectivity index (χ0v) is 7.11. The van der Waals surface area contributed by atoms with E-state index in [4.69, 9.17) is 0 Å². The molecule has 0 amide bonds. The Morgan fingerprint density at radius 2 is 2.10 bits per heavy atom. The van der Waals surface area contributed by atoms with Crippen molar-refractivity contribution in [3.8, 4) is 0 Å². The monoisotopic (exact) mass is 140 g/mol. The zero-order chi connectivity index (χ0) is 8.20. The molecule has 0 unspecified atom stereocenters. The van der Waals surface area contributed by atoms with Crippen molar-refractivity contribution in [2.45, 2.75) is 33.6 Å². The molecule has 0 aliphatic heterocycles. The van der Waals surface area contributed by atoms with Gasteiger partial charge in [-0.25, -0.2) is 0 Å². The van der Waals surface area contributed by atoms with E-state index >= 15 is 0 Å². The lowest BCUT2D eigenvalue weighted by molar-refractivity contribution is -0.114. The second-order valence-corrected chi connectivity index (χ2v) is 3.56. The van der Waals surface area contributed by atoms with Gasteiger partial charge in [-0.3, -0.25) is 0 Å². The van der Waals surface area contributed by atoms with E-state index in [-0.39, 0.29) is 5.41 Å². The average Bonchev–Trinajstić information content (AvgIpc) is 1.85. The van der Waals surface area contributed by atoms with E-state index in [2.05, 4.69) is 6.58 Å². The zero-order valence-electron chi connectivity index (χ0n) is 7.11. The summed E-state index contributed by atoms with van der Waals surface area (Å²) in [7, 11) is 0. The van der Waals surface area contributed by atoms with Crippen LogP contribution in [0.3, 0.4) is 0 Å². The van der Waals surface area contributed by atoms with Crippen molar-refractivity contribution in [3.05, 3.63) is 12.2 Å². The Hall–Kier alpha value is -0.590. The highest BCUT2D eigenvalue weighted by Gasteiger charge is 2.15. The molecular formula is C9H16O. The molecule has 0 aromatic rings. The maximum Gasteiger partial charge on any atom is 0.125 e. The first-order valence-corrected chi connectivity index (χ1v) is 3.59. The lowest BCUT2D eigenvalue weighted by Gasteiger charge is -2.15. The lowest BCUT2D eigenvalue weighted by atomic mass is 9.88. The molecular weight excluding hydrogens is 124 g/mol. The minimum atomic E-state index is -0.168. The van der Waals surface area contributed by atoms with Crippen LogP contribution >= 0.6 is 0 Å². The molecule has 0 rings (SSSR count). The fourth-order valence-electron chi connectivity index (χ4n) is 0.594. The molecule has 0 radical (unpaired) electrons. The molecule has 0 aromatic carbocycles. The van der Waals surface area contributed by atoms with E-state index in [0.717, 1.165) is 24.7 Å². The number of carbonyl (C=O) groups is 1. The largest absolute Gasteiger partial charge is 0.303 e. The van der Waals surface area contributed by atoms with Crippen molar-refractivity contribution in [2.24, 2.45) is 5.41 Å². The topological polar surface area (TPSA) is 17.1 Å². The summed E-state index contributed by atoms with van der Waals surface area (Å²) in [6.07, 6.45) is 2.87. The van der Waals surface area contributed by atoms with Gasteiger partial charge in [0.25, 0.3) is 0 Å².